The summed E-state index contributed by atoms with van der Waals surface area (Å²) in [5, 5.41) is 3.03. The van der Waals surface area contributed by atoms with Gasteiger partial charge >= 0.3 is 0 Å². The van der Waals surface area contributed by atoms with E-state index in [0.717, 1.165) is 56.0 Å². The Morgan fingerprint density at radius 2 is 1.74 bits per heavy atom. The summed E-state index contributed by atoms with van der Waals surface area (Å²) in [6.07, 6.45) is 5.40. The molecule has 1 aliphatic carbocycles. The van der Waals surface area contributed by atoms with Gasteiger partial charge in [-0.25, -0.2) is 0 Å². The molecule has 1 aliphatic heterocycles. The van der Waals surface area contributed by atoms with Crippen LogP contribution in [0.4, 0.5) is 5.69 Å². The van der Waals surface area contributed by atoms with Gasteiger partial charge in [-0.05, 0) is 42.4 Å². The number of allylic oxidation sites excluding steroid dienone is 3. The van der Waals surface area contributed by atoms with Crippen molar-refractivity contribution >= 4 is 11.3 Å². The van der Waals surface area contributed by atoms with Crippen LogP contribution in [-0.4, -0.2) is 56.7 Å². The number of methoxy groups -OCH3 is 1. The molecule has 1 heterocycles. The first kappa shape index (κ1) is 23.1. The van der Waals surface area contributed by atoms with Crippen LogP contribution in [0.15, 0.2) is 41.1 Å². The third-order valence-corrected chi connectivity index (χ3v) is 4.57. The van der Waals surface area contributed by atoms with Crippen LogP contribution in [0.5, 0.6) is 5.75 Å². The Morgan fingerprint density at radius 3 is 2.33 bits per heavy atom. The zero-order valence-electron chi connectivity index (χ0n) is 17.8. The van der Waals surface area contributed by atoms with Crippen molar-refractivity contribution in [1.29, 1.82) is 0 Å². The highest BCUT2D eigenvalue weighted by Gasteiger charge is 2.18. The summed E-state index contributed by atoms with van der Waals surface area (Å²) in [5.41, 5.74) is 3.91. The van der Waals surface area contributed by atoms with Crippen LogP contribution in [0, 0.1) is 4.91 Å². The molecule has 0 bridgehead atoms. The average molecular weight is 374 g/mol. The van der Waals surface area contributed by atoms with E-state index >= 15 is 0 Å². The summed E-state index contributed by atoms with van der Waals surface area (Å²) in [5.74, 6) is 0.778. The van der Waals surface area contributed by atoms with Crippen molar-refractivity contribution in [3.05, 3.63) is 46.4 Å². The molecule has 0 amide bonds. The maximum absolute atomic E-state index is 10.8. The monoisotopic (exact) mass is 373 g/mol. The van der Waals surface area contributed by atoms with Gasteiger partial charge in [-0.2, -0.15) is 0 Å². The van der Waals surface area contributed by atoms with Crippen LogP contribution >= 0.6 is 0 Å². The Bertz CT molecular complexity index is 645. The van der Waals surface area contributed by atoms with Gasteiger partial charge in [0.25, 0.3) is 0 Å². The minimum Gasteiger partial charge on any atom is -0.496 e. The summed E-state index contributed by atoms with van der Waals surface area (Å²) in [4.78, 5) is 15.7. The molecule has 0 atom stereocenters. The van der Waals surface area contributed by atoms with E-state index in [2.05, 4.69) is 34.2 Å². The van der Waals surface area contributed by atoms with Crippen LogP contribution in [-0.2, 0) is 0 Å². The lowest BCUT2D eigenvalue weighted by Crippen LogP contribution is -2.44. The van der Waals surface area contributed by atoms with Crippen molar-refractivity contribution in [2.75, 3.05) is 46.9 Å². The number of ether oxygens (including phenoxy) is 1. The predicted octanol–water partition coefficient (Wildman–Crippen LogP) is 5.11. The van der Waals surface area contributed by atoms with Gasteiger partial charge in [-0.15, -0.1) is 4.91 Å². The summed E-state index contributed by atoms with van der Waals surface area (Å²) < 4.78 is 5.42. The normalized spacial score (nSPS) is 17.0. The molecule has 1 aromatic rings. The van der Waals surface area contributed by atoms with Gasteiger partial charge in [0.2, 0.25) is 0 Å². The van der Waals surface area contributed by atoms with Crippen LogP contribution in [0.2, 0.25) is 0 Å². The van der Waals surface area contributed by atoms with Crippen LogP contribution in [0.3, 0.4) is 0 Å². The fourth-order valence-corrected chi connectivity index (χ4v) is 3.15. The predicted molar refractivity (Wildman–Crippen MR) is 116 cm³/mol. The van der Waals surface area contributed by atoms with E-state index in [1.165, 1.54) is 5.57 Å². The topological polar surface area (TPSA) is 45.1 Å². The zero-order chi connectivity index (χ0) is 20.2. The quantitative estimate of drug-likeness (QED) is 0.673. The van der Waals surface area contributed by atoms with Crippen molar-refractivity contribution in [2.24, 2.45) is 5.18 Å². The van der Waals surface area contributed by atoms with Crippen molar-refractivity contribution < 1.29 is 4.74 Å². The average Bonchev–Trinajstić information content (AvgIpc) is 3.20. The van der Waals surface area contributed by atoms with Gasteiger partial charge in [0.15, 0.2) is 0 Å². The maximum atomic E-state index is 10.8. The molecule has 1 fully saturated rings. The summed E-state index contributed by atoms with van der Waals surface area (Å²) in [6, 6.07) is 5.28. The molecule has 27 heavy (non-hydrogen) atoms. The Morgan fingerprint density at radius 1 is 1.07 bits per heavy atom. The Labute approximate surface area is 164 Å². The second-order valence-corrected chi connectivity index (χ2v) is 6.22. The fourth-order valence-electron chi connectivity index (χ4n) is 3.15. The molecule has 1 aromatic carbocycles. The molecule has 2 aliphatic rings. The molecule has 0 radical (unpaired) electrons. The second kappa shape index (κ2) is 12.4. The SMILES string of the molecule is CC.CC.COc1ccc(N=O)cc1C1=CCC(CN2CCN(C)CC2)=C1. The van der Waals surface area contributed by atoms with E-state index < -0.39 is 0 Å². The van der Waals surface area contributed by atoms with Crippen molar-refractivity contribution in [3.8, 4) is 5.75 Å². The summed E-state index contributed by atoms with van der Waals surface area (Å²) >= 11 is 0. The Balaban J connectivity index is 0.000000855. The van der Waals surface area contributed by atoms with Gasteiger partial charge in [0.1, 0.15) is 11.4 Å². The highest BCUT2D eigenvalue weighted by Crippen LogP contribution is 2.35. The molecule has 1 saturated heterocycles. The van der Waals surface area contributed by atoms with Crippen LogP contribution in [0.1, 0.15) is 39.7 Å². The van der Waals surface area contributed by atoms with Crippen molar-refractivity contribution in [3.63, 3.8) is 0 Å². The highest BCUT2D eigenvalue weighted by atomic mass is 16.5. The van der Waals surface area contributed by atoms with Crippen molar-refractivity contribution in [1.82, 2.24) is 9.80 Å². The molecule has 0 N–H and O–H groups in total. The van der Waals surface area contributed by atoms with Crippen LogP contribution in [0.25, 0.3) is 5.57 Å². The maximum Gasteiger partial charge on any atom is 0.126 e. The number of nitrogens with zero attached hydrogens (tertiary/aromatic N) is 3. The Hall–Kier alpha value is -1.98. The number of nitroso groups, excluding NO2 is 1. The van der Waals surface area contributed by atoms with Crippen LogP contribution < -0.4 is 4.74 Å². The number of hydrogen-bond acceptors (Lipinski definition) is 5. The van der Waals surface area contributed by atoms with Crippen molar-refractivity contribution in [2.45, 2.75) is 34.1 Å². The Kier molecular flexibility index (Phi) is 10.6. The van der Waals surface area contributed by atoms with E-state index in [1.54, 1.807) is 25.3 Å². The standard InChI is InChI=1S/C18H23N3O2.2C2H6/c1-20-7-9-21(10-8-20)13-14-3-4-15(11-14)17-12-16(19-22)5-6-18(17)23-2;2*1-2/h4-6,11-12H,3,7-10,13H2,1-2H3;2*1-2H3. The number of likely N-dealkylation sites (N-methyl/N-ethyl adjacent to an activating group) is 1. The van der Waals surface area contributed by atoms with E-state index in [4.69, 9.17) is 4.74 Å². The van der Waals surface area contributed by atoms with Gasteiger partial charge in [0, 0.05) is 38.3 Å². The molecule has 0 aromatic heterocycles. The smallest absolute Gasteiger partial charge is 0.126 e. The van der Waals surface area contributed by atoms with E-state index in [9.17, 15) is 4.91 Å². The van der Waals surface area contributed by atoms with Gasteiger partial charge in [0.05, 0.1) is 7.11 Å². The third-order valence-electron chi connectivity index (χ3n) is 4.57. The number of piperazine rings is 1. The molecule has 150 valence electrons. The third kappa shape index (κ3) is 6.60. The van der Waals surface area contributed by atoms with E-state index in [-0.39, 0.29) is 0 Å². The van der Waals surface area contributed by atoms with E-state index in [0.29, 0.717) is 5.69 Å². The molecule has 5 heteroatoms. The van der Waals surface area contributed by atoms with E-state index in [1.807, 2.05) is 27.7 Å². The molecule has 5 nitrogen and oxygen atoms in total. The molecular formula is C22H35N3O2. The number of hydrogen-bond donors (Lipinski definition) is 0. The lowest BCUT2D eigenvalue weighted by Gasteiger charge is -2.32. The van der Waals surface area contributed by atoms with Gasteiger partial charge in [-0.1, -0.05) is 45.4 Å². The van der Waals surface area contributed by atoms with Gasteiger partial charge < -0.3 is 9.64 Å². The molecular weight excluding hydrogens is 338 g/mol. The summed E-state index contributed by atoms with van der Waals surface area (Å²) in [6.45, 7) is 13.5. The molecule has 0 unspecified atom stereocenters. The summed E-state index contributed by atoms with van der Waals surface area (Å²) in [7, 11) is 3.82. The highest BCUT2D eigenvalue weighted by molar-refractivity contribution is 5.82. The molecule has 3 rings (SSSR count). The molecule has 0 spiro atoms. The van der Waals surface area contributed by atoms with Gasteiger partial charge in [-0.3, -0.25) is 4.90 Å². The first-order valence-electron chi connectivity index (χ1n) is 10.0. The second-order valence-electron chi connectivity index (χ2n) is 6.22. The number of rotatable bonds is 5. The fraction of sp³-hybridized carbons (Fsp3) is 0.545. The lowest BCUT2D eigenvalue weighted by molar-refractivity contribution is 0.163. The first-order valence-corrected chi connectivity index (χ1v) is 10.0. The zero-order valence-corrected chi connectivity index (χ0v) is 17.8. The minimum atomic E-state index is 0.433. The number of benzene rings is 1. The molecule has 0 saturated carbocycles. The largest absolute Gasteiger partial charge is 0.496 e. The first-order chi connectivity index (χ1) is 13.2. The lowest BCUT2D eigenvalue weighted by atomic mass is 10.0. The minimum absolute atomic E-state index is 0.433.